The van der Waals surface area contributed by atoms with E-state index in [1.807, 2.05) is 55.6 Å². The summed E-state index contributed by atoms with van der Waals surface area (Å²) in [6.45, 7) is 3.99. The predicted octanol–water partition coefficient (Wildman–Crippen LogP) is 3.00. The highest BCUT2D eigenvalue weighted by molar-refractivity contribution is 7.99. The molecule has 0 spiro atoms. The van der Waals surface area contributed by atoms with Crippen LogP contribution in [0, 0.1) is 6.92 Å². The van der Waals surface area contributed by atoms with E-state index in [1.54, 1.807) is 16.0 Å². The van der Waals surface area contributed by atoms with Gasteiger partial charge in [0.1, 0.15) is 0 Å². The summed E-state index contributed by atoms with van der Waals surface area (Å²) in [5.74, 6) is 0.224. The van der Waals surface area contributed by atoms with E-state index in [0.717, 1.165) is 16.1 Å². The highest BCUT2D eigenvalue weighted by Crippen LogP contribution is 2.20. The zero-order valence-electron chi connectivity index (χ0n) is 13.3. The minimum Gasteiger partial charge on any atom is -0.348 e. The molecular formula is C16H17N5OS2. The van der Waals surface area contributed by atoms with E-state index in [9.17, 15) is 4.79 Å². The molecular weight excluding hydrogens is 342 g/mol. The Morgan fingerprint density at radius 3 is 3.00 bits per heavy atom. The van der Waals surface area contributed by atoms with Crippen LogP contribution in [0.15, 0.2) is 46.9 Å². The van der Waals surface area contributed by atoms with Gasteiger partial charge in [-0.25, -0.2) is 0 Å². The number of benzene rings is 1. The van der Waals surface area contributed by atoms with Crippen LogP contribution in [0.2, 0.25) is 0 Å². The van der Waals surface area contributed by atoms with Crippen molar-refractivity contribution in [2.45, 2.75) is 25.0 Å². The summed E-state index contributed by atoms with van der Waals surface area (Å²) in [4.78, 5) is 13.3. The van der Waals surface area contributed by atoms with E-state index in [1.165, 1.54) is 11.8 Å². The van der Waals surface area contributed by atoms with Gasteiger partial charge in [-0.1, -0.05) is 30.0 Å². The largest absolute Gasteiger partial charge is 0.348 e. The predicted molar refractivity (Wildman–Crippen MR) is 95.5 cm³/mol. The van der Waals surface area contributed by atoms with Crippen molar-refractivity contribution in [3.8, 4) is 5.69 Å². The van der Waals surface area contributed by atoms with Crippen molar-refractivity contribution in [3.05, 3.63) is 52.2 Å². The molecule has 1 unspecified atom stereocenters. The highest BCUT2D eigenvalue weighted by atomic mass is 32.2. The fraction of sp³-hybridized carbons (Fsp3) is 0.250. The Balaban J connectivity index is 1.61. The molecule has 0 aliphatic heterocycles. The van der Waals surface area contributed by atoms with Crippen molar-refractivity contribution >= 4 is 29.0 Å². The fourth-order valence-corrected chi connectivity index (χ4v) is 3.65. The van der Waals surface area contributed by atoms with Crippen LogP contribution in [0.25, 0.3) is 5.69 Å². The van der Waals surface area contributed by atoms with Gasteiger partial charge < -0.3 is 5.32 Å². The Hall–Kier alpha value is -2.19. The number of rotatable bonds is 6. The maximum absolute atomic E-state index is 12.1. The average molecular weight is 359 g/mol. The molecule has 8 heteroatoms. The normalized spacial score (nSPS) is 12.1. The quantitative estimate of drug-likeness (QED) is 0.685. The minimum atomic E-state index is -0.0420. The number of nitrogens with one attached hydrogen (secondary N) is 1. The lowest BCUT2D eigenvalue weighted by molar-refractivity contribution is -0.119. The summed E-state index contributed by atoms with van der Waals surface area (Å²) in [5, 5.41) is 17.3. The third-order valence-corrected chi connectivity index (χ3v) is 5.34. The van der Waals surface area contributed by atoms with E-state index < -0.39 is 0 Å². The number of aryl methyl sites for hydroxylation is 1. The molecule has 0 aliphatic carbocycles. The van der Waals surface area contributed by atoms with Crippen molar-refractivity contribution in [1.82, 2.24) is 25.5 Å². The van der Waals surface area contributed by atoms with Crippen LogP contribution >= 0.6 is 23.1 Å². The van der Waals surface area contributed by atoms with E-state index in [2.05, 4.69) is 20.8 Å². The smallest absolute Gasteiger partial charge is 0.230 e. The summed E-state index contributed by atoms with van der Waals surface area (Å²) >= 11 is 2.95. The molecule has 0 saturated heterocycles. The van der Waals surface area contributed by atoms with Gasteiger partial charge in [0.25, 0.3) is 0 Å². The zero-order chi connectivity index (χ0) is 16.9. The van der Waals surface area contributed by atoms with E-state index in [0.29, 0.717) is 5.16 Å². The fourth-order valence-electron chi connectivity index (χ4n) is 2.21. The summed E-state index contributed by atoms with van der Waals surface area (Å²) in [6.07, 6.45) is 0. The first-order valence-electron chi connectivity index (χ1n) is 7.44. The second-order valence-corrected chi connectivity index (χ2v) is 7.23. The summed E-state index contributed by atoms with van der Waals surface area (Å²) in [6, 6.07) is 11.9. The van der Waals surface area contributed by atoms with Gasteiger partial charge in [-0.2, -0.15) is 4.68 Å². The standard InChI is InChI=1S/C16H17N5OS2/c1-11-5-3-6-13(9-11)21-16(18-19-20-21)24-10-15(22)17-12(2)14-7-4-8-23-14/h3-9,12H,10H2,1-2H3,(H,17,22). The van der Waals surface area contributed by atoms with Crippen LogP contribution in [0.1, 0.15) is 23.4 Å². The third kappa shape index (κ3) is 4.01. The zero-order valence-corrected chi connectivity index (χ0v) is 15.0. The highest BCUT2D eigenvalue weighted by Gasteiger charge is 2.14. The molecule has 1 N–H and O–H groups in total. The minimum absolute atomic E-state index is 0.00543. The number of tetrazole rings is 1. The topological polar surface area (TPSA) is 72.7 Å². The number of aromatic nitrogens is 4. The van der Waals surface area contributed by atoms with Gasteiger partial charge >= 0.3 is 0 Å². The lowest BCUT2D eigenvalue weighted by Crippen LogP contribution is -2.27. The van der Waals surface area contributed by atoms with Gasteiger partial charge in [0.05, 0.1) is 17.5 Å². The second kappa shape index (κ2) is 7.59. The van der Waals surface area contributed by atoms with Crippen LogP contribution in [0.4, 0.5) is 0 Å². The summed E-state index contributed by atoms with van der Waals surface area (Å²) < 4.78 is 1.65. The van der Waals surface area contributed by atoms with Gasteiger partial charge in [0.2, 0.25) is 11.1 Å². The number of hydrogen-bond acceptors (Lipinski definition) is 6. The monoisotopic (exact) mass is 359 g/mol. The molecule has 3 aromatic rings. The molecule has 24 heavy (non-hydrogen) atoms. The Morgan fingerprint density at radius 2 is 2.25 bits per heavy atom. The maximum atomic E-state index is 12.1. The Labute approximate surface area is 148 Å². The lowest BCUT2D eigenvalue weighted by atomic mass is 10.2. The summed E-state index contributed by atoms with van der Waals surface area (Å²) in [5.41, 5.74) is 2.01. The second-order valence-electron chi connectivity index (χ2n) is 5.31. The van der Waals surface area contributed by atoms with Gasteiger partial charge in [0.15, 0.2) is 0 Å². The molecule has 3 rings (SSSR count). The number of amides is 1. The van der Waals surface area contributed by atoms with Crippen molar-refractivity contribution < 1.29 is 4.79 Å². The van der Waals surface area contributed by atoms with Crippen LogP contribution < -0.4 is 5.32 Å². The number of hydrogen-bond donors (Lipinski definition) is 1. The molecule has 0 radical (unpaired) electrons. The average Bonchev–Trinajstić information content (AvgIpc) is 3.24. The Bertz CT molecular complexity index is 816. The van der Waals surface area contributed by atoms with Crippen LogP contribution in [0.3, 0.4) is 0 Å². The number of carbonyl (C=O) groups is 1. The molecule has 0 fully saturated rings. The van der Waals surface area contributed by atoms with E-state index in [4.69, 9.17) is 0 Å². The van der Waals surface area contributed by atoms with Gasteiger partial charge in [0, 0.05) is 4.88 Å². The number of thioether (sulfide) groups is 1. The first-order valence-corrected chi connectivity index (χ1v) is 9.31. The van der Waals surface area contributed by atoms with Gasteiger partial charge in [-0.05, 0) is 53.4 Å². The number of nitrogens with zero attached hydrogens (tertiary/aromatic N) is 4. The van der Waals surface area contributed by atoms with Gasteiger partial charge in [-0.15, -0.1) is 16.4 Å². The molecule has 1 amide bonds. The van der Waals surface area contributed by atoms with Crippen molar-refractivity contribution in [2.24, 2.45) is 0 Å². The molecule has 6 nitrogen and oxygen atoms in total. The molecule has 0 saturated carbocycles. The first-order chi connectivity index (χ1) is 11.6. The number of carbonyl (C=O) groups excluding carboxylic acids is 1. The third-order valence-electron chi connectivity index (χ3n) is 3.37. The van der Waals surface area contributed by atoms with Crippen LogP contribution in [-0.2, 0) is 4.79 Å². The molecule has 2 heterocycles. The van der Waals surface area contributed by atoms with Crippen molar-refractivity contribution in [2.75, 3.05) is 5.75 Å². The Morgan fingerprint density at radius 1 is 1.38 bits per heavy atom. The molecule has 124 valence electrons. The SMILES string of the molecule is Cc1cccc(-n2nnnc2SCC(=O)NC(C)c2cccs2)c1. The molecule has 2 aromatic heterocycles. The molecule has 1 atom stereocenters. The first kappa shape index (κ1) is 16.7. The summed E-state index contributed by atoms with van der Waals surface area (Å²) in [7, 11) is 0. The lowest BCUT2D eigenvalue weighted by Gasteiger charge is -2.11. The van der Waals surface area contributed by atoms with Crippen molar-refractivity contribution in [1.29, 1.82) is 0 Å². The van der Waals surface area contributed by atoms with Crippen LogP contribution in [0.5, 0.6) is 0 Å². The molecule has 0 bridgehead atoms. The van der Waals surface area contributed by atoms with Gasteiger partial charge in [-0.3, -0.25) is 4.79 Å². The van der Waals surface area contributed by atoms with E-state index in [-0.39, 0.29) is 17.7 Å². The Kier molecular flexibility index (Phi) is 5.27. The number of thiophene rings is 1. The van der Waals surface area contributed by atoms with Crippen LogP contribution in [-0.4, -0.2) is 31.9 Å². The molecule has 0 aliphatic rings. The van der Waals surface area contributed by atoms with E-state index >= 15 is 0 Å². The molecule has 1 aromatic carbocycles. The van der Waals surface area contributed by atoms with Crippen molar-refractivity contribution in [3.63, 3.8) is 0 Å². The maximum Gasteiger partial charge on any atom is 0.230 e.